The molecule has 0 aliphatic carbocycles. The zero-order chi connectivity index (χ0) is 22.4. The second kappa shape index (κ2) is 10.3. The van der Waals surface area contributed by atoms with E-state index in [-0.39, 0.29) is 18.2 Å². The quantitative estimate of drug-likeness (QED) is 0.499. The minimum atomic E-state index is -0.673. The number of amides is 2. The Bertz CT molecular complexity index is 931. The average molecular weight is 442 g/mol. The van der Waals surface area contributed by atoms with Gasteiger partial charge < -0.3 is 19.7 Å². The fraction of sp³-hybridized carbons (Fsp3) is 0.348. The summed E-state index contributed by atoms with van der Waals surface area (Å²) < 4.78 is 10.7. The molecule has 0 bridgehead atoms. The smallest absolute Gasteiger partial charge is 0.257 e. The number of thiocarbonyl (C=S) groups is 1. The van der Waals surface area contributed by atoms with Gasteiger partial charge in [-0.3, -0.25) is 9.59 Å². The molecule has 0 saturated carbocycles. The van der Waals surface area contributed by atoms with Crippen molar-refractivity contribution in [2.24, 2.45) is 0 Å². The summed E-state index contributed by atoms with van der Waals surface area (Å²) in [7, 11) is 1.61. The zero-order valence-electron chi connectivity index (χ0n) is 18.0. The van der Waals surface area contributed by atoms with Crippen LogP contribution in [0.2, 0.25) is 0 Å². The lowest BCUT2D eigenvalue weighted by atomic mass is 10.1. The molecule has 7 nitrogen and oxygen atoms in total. The van der Waals surface area contributed by atoms with E-state index in [2.05, 4.69) is 5.32 Å². The van der Waals surface area contributed by atoms with Crippen LogP contribution in [-0.2, 0) is 16.1 Å². The lowest BCUT2D eigenvalue weighted by Gasteiger charge is -2.30. The van der Waals surface area contributed by atoms with Crippen molar-refractivity contribution < 1.29 is 19.1 Å². The van der Waals surface area contributed by atoms with Gasteiger partial charge in [0.05, 0.1) is 25.8 Å². The Morgan fingerprint density at radius 2 is 1.74 bits per heavy atom. The molecule has 8 heteroatoms. The maximum Gasteiger partial charge on any atom is 0.257 e. The Kier molecular flexibility index (Phi) is 7.46. The predicted octanol–water partition coefficient (Wildman–Crippen LogP) is 3.12. The minimum absolute atomic E-state index is 0.0632. The lowest BCUT2D eigenvalue weighted by Crippen LogP contribution is -2.49. The van der Waals surface area contributed by atoms with Gasteiger partial charge in [-0.15, -0.1) is 0 Å². The number of benzene rings is 2. The first-order valence-corrected chi connectivity index (χ1v) is 10.7. The molecule has 1 N–H and O–H groups in total. The third-order valence-corrected chi connectivity index (χ3v) is 5.38. The average Bonchev–Trinajstić information content (AvgIpc) is 3.07. The molecule has 2 aromatic carbocycles. The molecule has 1 saturated heterocycles. The molecule has 0 spiro atoms. The maximum atomic E-state index is 13.3. The van der Waals surface area contributed by atoms with Gasteiger partial charge in [-0.1, -0.05) is 12.1 Å². The molecule has 2 aromatic rings. The second-order valence-electron chi connectivity index (χ2n) is 7.03. The van der Waals surface area contributed by atoms with E-state index in [4.69, 9.17) is 21.7 Å². The number of nitrogens with one attached hydrogen (secondary N) is 1. The highest BCUT2D eigenvalue weighted by molar-refractivity contribution is 7.80. The number of ether oxygens (including phenoxy) is 2. The Hall–Kier alpha value is -3.13. The third-order valence-electron chi connectivity index (χ3n) is 5.01. The van der Waals surface area contributed by atoms with Gasteiger partial charge in [0.1, 0.15) is 17.5 Å². The van der Waals surface area contributed by atoms with Crippen LogP contribution in [0.4, 0.5) is 5.69 Å². The molecule has 3 rings (SSSR count). The molecule has 1 fully saturated rings. The number of methoxy groups -OCH3 is 1. The summed E-state index contributed by atoms with van der Waals surface area (Å²) >= 11 is 5.54. The number of carbonyl (C=O) groups excluding carboxylic acids is 2. The van der Waals surface area contributed by atoms with Gasteiger partial charge in [-0.05, 0) is 68.0 Å². The number of rotatable bonds is 8. The zero-order valence-corrected chi connectivity index (χ0v) is 18.8. The fourth-order valence-corrected chi connectivity index (χ4v) is 3.83. The highest BCUT2D eigenvalue weighted by Gasteiger charge is 2.43. The highest BCUT2D eigenvalue weighted by atomic mass is 32.1. The van der Waals surface area contributed by atoms with E-state index in [0.29, 0.717) is 36.2 Å². The molecule has 0 unspecified atom stereocenters. The molecule has 1 heterocycles. The van der Waals surface area contributed by atoms with Gasteiger partial charge in [-0.2, -0.15) is 0 Å². The van der Waals surface area contributed by atoms with Crippen molar-refractivity contribution in [1.29, 1.82) is 0 Å². The Balaban J connectivity index is 1.84. The molecular formula is C23H27N3O4S. The van der Waals surface area contributed by atoms with Crippen molar-refractivity contribution in [2.45, 2.75) is 32.9 Å². The first-order chi connectivity index (χ1) is 15.0. The number of anilines is 1. The summed E-state index contributed by atoms with van der Waals surface area (Å²) in [4.78, 5) is 29.1. The van der Waals surface area contributed by atoms with Crippen LogP contribution in [0.1, 0.15) is 25.8 Å². The number of carbonyl (C=O) groups is 2. The number of hydrogen-bond donors (Lipinski definition) is 1. The topological polar surface area (TPSA) is 71.1 Å². The number of imide groups is 1. The van der Waals surface area contributed by atoms with Crippen molar-refractivity contribution in [3.05, 3.63) is 54.1 Å². The third kappa shape index (κ3) is 5.14. The van der Waals surface area contributed by atoms with Gasteiger partial charge in [0.25, 0.3) is 5.91 Å². The van der Waals surface area contributed by atoms with Gasteiger partial charge in [-0.25, -0.2) is 4.90 Å². The van der Waals surface area contributed by atoms with Crippen molar-refractivity contribution in [1.82, 2.24) is 10.2 Å². The maximum absolute atomic E-state index is 13.3. The molecular weight excluding hydrogens is 414 g/mol. The lowest BCUT2D eigenvalue weighted by molar-refractivity contribution is -0.122. The summed E-state index contributed by atoms with van der Waals surface area (Å²) in [6.45, 7) is 5.40. The molecule has 2 amide bonds. The summed E-state index contributed by atoms with van der Waals surface area (Å²) in [5, 5.41) is 3.55. The van der Waals surface area contributed by atoms with Crippen LogP contribution in [0, 0.1) is 0 Å². The molecule has 1 aliphatic rings. The summed E-state index contributed by atoms with van der Waals surface area (Å²) in [6, 6.07) is 13.8. The molecule has 0 aromatic heterocycles. The van der Waals surface area contributed by atoms with Crippen LogP contribution in [-0.4, -0.2) is 48.1 Å². The first-order valence-electron chi connectivity index (χ1n) is 10.3. The van der Waals surface area contributed by atoms with E-state index in [1.807, 2.05) is 38.1 Å². The largest absolute Gasteiger partial charge is 0.497 e. The van der Waals surface area contributed by atoms with E-state index < -0.39 is 6.04 Å². The minimum Gasteiger partial charge on any atom is -0.497 e. The number of nitrogens with zero attached hydrogens (tertiary/aromatic N) is 2. The van der Waals surface area contributed by atoms with E-state index >= 15 is 0 Å². The van der Waals surface area contributed by atoms with Gasteiger partial charge in [0.15, 0.2) is 5.11 Å². The van der Waals surface area contributed by atoms with Crippen molar-refractivity contribution in [3.63, 3.8) is 0 Å². The standard InChI is InChI=1S/C23H27N3O4S/c1-4-24-23(31)25(15-16-6-10-18(29-3)11-7-16)20-14-21(27)26(22(20)28)17-8-12-19(13-9-17)30-5-2/h6-13,20H,4-5,14-15H2,1-3H3,(H,24,31)/t20-/m1/s1. The highest BCUT2D eigenvalue weighted by Crippen LogP contribution is 2.28. The Morgan fingerprint density at radius 1 is 1.10 bits per heavy atom. The van der Waals surface area contributed by atoms with Gasteiger partial charge in [0.2, 0.25) is 5.91 Å². The Labute approximate surface area is 187 Å². The monoisotopic (exact) mass is 441 g/mol. The van der Waals surface area contributed by atoms with Gasteiger partial charge in [0, 0.05) is 13.1 Å². The van der Waals surface area contributed by atoms with Crippen molar-refractivity contribution >= 4 is 34.8 Å². The van der Waals surface area contributed by atoms with Gasteiger partial charge >= 0.3 is 0 Å². The molecule has 0 radical (unpaired) electrons. The summed E-state index contributed by atoms with van der Waals surface area (Å²) in [5.41, 5.74) is 1.49. The second-order valence-corrected chi connectivity index (χ2v) is 7.41. The van der Waals surface area contributed by atoms with Crippen LogP contribution < -0.4 is 19.7 Å². The summed E-state index contributed by atoms with van der Waals surface area (Å²) in [6.07, 6.45) is 0.0632. The van der Waals surface area contributed by atoms with Crippen molar-refractivity contribution in [3.8, 4) is 11.5 Å². The fourth-order valence-electron chi connectivity index (χ4n) is 3.49. The first kappa shape index (κ1) is 22.6. The predicted molar refractivity (Wildman–Crippen MR) is 123 cm³/mol. The molecule has 1 aliphatic heterocycles. The van der Waals surface area contributed by atoms with Crippen LogP contribution in [0.3, 0.4) is 0 Å². The van der Waals surface area contributed by atoms with Crippen LogP contribution in [0.15, 0.2) is 48.5 Å². The molecule has 1 atom stereocenters. The van der Waals surface area contributed by atoms with Crippen LogP contribution in [0.5, 0.6) is 11.5 Å². The van der Waals surface area contributed by atoms with E-state index in [1.165, 1.54) is 4.90 Å². The van der Waals surface area contributed by atoms with Crippen LogP contribution >= 0.6 is 12.2 Å². The van der Waals surface area contributed by atoms with E-state index in [9.17, 15) is 9.59 Å². The van der Waals surface area contributed by atoms with Crippen LogP contribution in [0.25, 0.3) is 0 Å². The molecule has 164 valence electrons. The Morgan fingerprint density at radius 3 is 2.32 bits per heavy atom. The number of hydrogen-bond acceptors (Lipinski definition) is 5. The molecule has 31 heavy (non-hydrogen) atoms. The van der Waals surface area contributed by atoms with Crippen molar-refractivity contribution in [2.75, 3.05) is 25.2 Å². The SMILES string of the molecule is CCNC(=S)N(Cc1ccc(OC)cc1)[C@@H]1CC(=O)N(c2ccc(OCC)cc2)C1=O. The van der Waals surface area contributed by atoms with E-state index in [1.54, 1.807) is 36.3 Å². The normalized spacial score (nSPS) is 15.7. The summed E-state index contributed by atoms with van der Waals surface area (Å²) in [5.74, 6) is 0.899. The van der Waals surface area contributed by atoms with E-state index in [0.717, 1.165) is 11.3 Å².